The van der Waals surface area contributed by atoms with Crippen LogP contribution in [-0.4, -0.2) is 49.9 Å². The zero-order valence-electron chi connectivity index (χ0n) is 21.1. The fourth-order valence-corrected chi connectivity index (χ4v) is 5.66. The number of aromatic nitrogens is 3. The zero-order chi connectivity index (χ0) is 24.9. The van der Waals surface area contributed by atoms with Crippen molar-refractivity contribution in [2.45, 2.75) is 83.0 Å². The van der Waals surface area contributed by atoms with Crippen molar-refractivity contribution in [3.05, 3.63) is 41.6 Å². The van der Waals surface area contributed by atoms with Crippen LogP contribution in [0.2, 0.25) is 0 Å². The molecule has 3 fully saturated rings. The third-order valence-corrected chi connectivity index (χ3v) is 7.76. The second-order valence-electron chi connectivity index (χ2n) is 11.2. The summed E-state index contributed by atoms with van der Waals surface area (Å²) in [5.74, 6) is 1.86. The second-order valence-corrected chi connectivity index (χ2v) is 11.2. The number of amides is 1. The molecule has 3 aromatic rings. The maximum Gasteiger partial charge on any atom is 0.251 e. The van der Waals surface area contributed by atoms with E-state index in [1.54, 1.807) is 0 Å². The van der Waals surface area contributed by atoms with Gasteiger partial charge < -0.3 is 20.5 Å². The van der Waals surface area contributed by atoms with E-state index in [1.807, 2.05) is 48.8 Å². The first-order chi connectivity index (χ1) is 17.3. The highest BCUT2D eigenvalue weighted by molar-refractivity contribution is 5.97. The topological polar surface area (TPSA) is 101 Å². The molecule has 0 bridgehead atoms. The van der Waals surface area contributed by atoms with Gasteiger partial charge >= 0.3 is 0 Å². The lowest BCUT2D eigenvalue weighted by Gasteiger charge is -2.41. The molecule has 0 atom stereocenters. The smallest absolute Gasteiger partial charge is 0.251 e. The monoisotopic (exact) mass is 489 g/mol. The second kappa shape index (κ2) is 9.07. The van der Waals surface area contributed by atoms with Gasteiger partial charge in [0.25, 0.3) is 5.91 Å². The average molecular weight is 490 g/mol. The van der Waals surface area contributed by atoms with Crippen LogP contribution in [0.5, 0.6) is 5.88 Å². The van der Waals surface area contributed by atoms with Gasteiger partial charge in [-0.15, -0.1) is 0 Å². The van der Waals surface area contributed by atoms with Crippen molar-refractivity contribution < 1.29 is 14.6 Å². The SMILES string of the molecule is Cc1cc(-c2cnn3c(NCC4CC(C)(O)C4)cc(OC4CCCC4)nc23)ccc1C(=O)NC1CC1. The molecule has 36 heavy (non-hydrogen) atoms. The minimum absolute atomic E-state index is 0.00625. The summed E-state index contributed by atoms with van der Waals surface area (Å²) in [6.07, 6.45) is 10.3. The lowest BCUT2D eigenvalue weighted by molar-refractivity contribution is -0.0524. The third kappa shape index (κ3) is 4.78. The predicted octanol–water partition coefficient (Wildman–Crippen LogP) is 4.49. The summed E-state index contributed by atoms with van der Waals surface area (Å²) in [7, 11) is 0. The quantitative estimate of drug-likeness (QED) is 0.431. The Kier molecular flexibility index (Phi) is 5.86. The molecule has 0 spiro atoms. The first-order valence-corrected chi connectivity index (χ1v) is 13.3. The first kappa shape index (κ1) is 23.3. The fourth-order valence-electron chi connectivity index (χ4n) is 5.66. The number of anilines is 1. The molecule has 0 radical (unpaired) electrons. The van der Waals surface area contributed by atoms with E-state index in [-0.39, 0.29) is 12.0 Å². The van der Waals surface area contributed by atoms with Crippen LogP contribution in [0.3, 0.4) is 0 Å². The highest BCUT2D eigenvalue weighted by Gasteiger charge is 2.38. The van der Waals surface area contributed by atoms with Crippen LogP contribution in [0, 0.1) is 12.8 Å². The van der Waals surface area contributed by atoms with Crippen molar-refractivity contribution >= 4 is 17.4 Å². The number of nitrogens with one attached hydrogen (secondary N) is 2. The molecule has 0 aliphatic heterocycles. The summed E-state index contributed by atoms with van der Waals surface area (Å²) in [5.41, 5.74) is 3.69. The van der Waals surface area contributed by atoms with Crippen LogP contribution in [0.15, 0.2) is 30.5 Å². The molecule has 3 aliphatic rings. The Morgan fingerprint density at radius 3 is 2.67 bits per heavy atom. The van der Waals surface area contributed by atoms with E-state index in [0.717, 1.165) is 73.2 Å². The number of hydrogen-bond donors (Lipinski definition) is 3. The Bertz CT molecular complexity index is 1280. The first-order valence-electron chi connectivity index (χ1n) is 13.3. The Morgan fingerprint density at radius 1 is 1.19 bits per heavy atom. The van der Waals surface area contributed by atoms with E-state index in [2.05, 4.69) is 15.7 Å². The maximum absolute atomic E-state index is 12.6. The van der Waals surface area contributed by atoms with Crippen molar-refractivity contribution in [1.29, 1.82) is 0 Å². The lowest BCUT2D eigenvalue weighted by atomic mass is 9.72. The molecule has 3 saturated carbocycles. The van der Waals surface area contributed by atoms with Gasteiger partial charge in [0.2, 0.25) is 5.88 Å². The van der Waals surface area contributed by atoms with Crippen LogP contribution in [0.25, 0.3) is 16.8 Å². The number of hydrogen-bond acceptors (Lipinski definition) is 6. The Morgan fingerprint density at radius 2 is 1.97 bits per heavy atom. The van der Waals surface area contributed by atoms with Gasteiger partial charge in [0.05, 0.1) is 11.8 Å². The zero-order valence-corrected chi connectivity index (χ0v) is 21.1. The molecule has 0 saturated heterocycles. The van der Waals surface area contributed by atoms with E-state index < -0.39 is 5.60 Å². The fraction of sp³-hybridized carbons (Fsp3) is 0.536. The van der Waals surface area contributed by atoms with Gasteiger partial charge in [-0.05, 0) is 88.3 Å². The molecule has 3 aliphatic carbocycles. The summed E-state index contributed by atoms with van der Waals surface area (Å²) in [4.78, 5) is 17.5. The normalized spacial score (nSPS) is 24.0. The van der Waals surface area contributed by atoms with Crippen molar-refractivity contribution in [2.75, 3.05) is 11.9 Å². The average Bonchev–Trinajstić information content (AvgIpc) is 3.30. The lowest BCUT2D eigenvalue weighted by Crippen LogP contribution is -2.43. The molecule has 2 aromatic heterocycles. The Hall–Kier alpha value is -3.13. The van der Waals surface area contributed by atoms with Gasteiger partial charge in [0.1, 0.15) is 11.9 Å². The van der Waals surface area contributed by atoms with Gasteiger partial charge in [0, 0.05) is 29.8 Å². The summed E-state index contributed by atoms with van der Waals surface area (Å²) < 4.78 is 8.13. The molecule has 2 heterocycles. The molecule has 3 N–H and O–H groups in total. The molecular formula is C28H35N5O3. The maximum atomic E-state index is 12.6. The van der Waals surface area contributed by atoms with Gasteiger partial charge in [0.15, 0.2) is 5.65 Å². The van der Waals surface area contributed by atoms with Crippen molar-refractivity contribution in [3.63, 3.8) is 0 Å². The van der Waals surface area contributed by atoms with Gasteiger partial charge in [-0.2, -0.15) is 14.6 Å². The summed E-state index contributed by atoms with van der Waals surface area (Å²) in [6, 6.07) is 8.17. The predicted molar refractivity (Wildman–Crippen MR) is 138 cm³/mol. The van der Waals surface area contributed by atoms with Gasteiger partial charge in [-0.1, -0.05) is 12.1 Å². The van der Waals surface area contributed by atoms with E-state index in [4.69, 9.17) is 9.72 Å². The standard InChI is InChI=1S/C28H35N5O3/c1-17-11-19(7-10-22(17)27(34)31-20-8-9-20)23-16-30-33-24(29-15-18-13-28(2,35)14-18)12-25(32-26(23)33)36-21-5-3-4-6-21/h7,10-12,16,18,20-21,29,35H,3-6,8-9,13-15H2,1-2H3,(H,31,34). The van der Waals surface area contributed by atoms with Crippen LogP contribution >= 0.6 is 0 Å². The molecular weight excluding hydrogens is 454 g/mol. The summed E-state index contributed by atoms with van der Waals surface area (Å²) in [6.45, 7) is 4.63. The number of nitrogens with zero attached hydrogens (tertiary/aromatic N) is 3. The molecule has 190 valence electrons. The van der Waals surface area contributed by atoms with Gasteiger partial charge in [-0.25, -0.2) is 0 Å². The minimum atomic E-state index is -0.547. The van der Waals surface area contributed by atoms with Crippen molar-refractivity contribution in [2.24, 2.45) is 5.92 Å². The van der Waals surface area contributed by atoms with Crippen LogP contribution in [0.1, 0.15) is 74.2 Å². The van der Waals surface area contributed by atoms with Crippen LogP contribution in [-0.2, 0) is 0 Å². The number of rotatable bonds is 8. The molecule has 6 rings (SSSR count). The summed E-state index contributed by atoms with van der Waals surface area (Å²) >= 11 is 0. The molecule has 8 nitrogen and oxygen atoms in total. The number of aliphatic hydroxyl groups is 1. The molecule has 8 heteroatoms. The highest BCUT2D eigenvalue weighted by atomic mass is 16.5. The third-order valence-electron chi connectivity index (χ3n) is 7.76. The number of carbonyl (C=O) groups is 1. The van der Waals surface area contributed by atoms with E-state index in [9.17, 15) is 9.90 Å². The number of benzene rings is 1. The number of ether oxygens (including phenoxy) is 1. The van der Waals surface area contributed by atoms with Crippen LogP contribution in [0.4, 0.5) is 5.82 Å². The molecule has 0 unspecified atom stereocenters. The van der Waals surface area contributed by atoms with E-state index >= 15 is 0 Å². The van der Waals surface area contributed by atoms with E-state index in [1.165, 1.54) is 12.8 Å². The van der Waals surface area contributed by atoms with Crippen LogP contribution < -0.4 is 15.4 Å². The number of fused-ring (bicyclic) bond motifs is 1. The highest BCUT2D eigenvalue weighted by Crippen LogP contribution is 2.37. The molecule has 1 aromatic carbocycles. The molecule has 1 amide bonds. The summed E-state index contributed by atoms with van der Waals surface area (Å²) in [5, 5.41) is 21.4. The van der Waals surface area contributed by atoms with Crippen molar-refractivity contribution in [1.82, 2.24) is 19.9 Å². The Labute approximate surface area is 211 Å². The van der Waals surface area contributed by atoms with Crippen molar-refractivity contribution in [3.8, 4) is 17.0 Å². The Balaban J connectivity index is 1.31. The van der Waals surface area contributed by atoms with E-state index in [0.29, 0.717) is 23.4 Å². The number of carbonyl (C=O) groups excluding carboxylic acids is 1. The number of aryl methyl sites for hydroxylation is 1. The minimum Gasteiger partial charge on any atom is -0.474 e. The van der Waals surface area contributed by atoms with Gasteiger partial charge in [-0.3, -0.25) is 4.79 Å². The largest absolute Gasteiger partial charge is 0.474 e.